The van der Waals surface area contributed by atoms with E-state index in [2.05, 4.69) is 10.0 Å². The molecule has 302 valence electrons. The lowest BCUT2D eigenvalue weighted by Crippen LogP contribution is -2.61. The lowest BCUT2D eigenvalue weighted by atomic mass is 9.73. The standard InChI is InChI=1S/C37H63N5O11/c1-13-27-37(9)31(42(35(47)53-37)17-15-14-16-39-40-38)22(4)28(44)20(2)19-36(8,48-12)32(23(5)29(45)24(6)33(46)51-27)52-34-30(50-25(7)43)26(41(10)11)18-21(3)49-34/h20-24,26-27,29-32,34,45H,13-19H2,1-12H3/t20-,21-,22+,23+,24-,26+,27?,29+,30-,31-,32-,34+,36-,37-/m1/s1. The van der Waals surface area contributed by atoms with Crippen LogP contribution in [0.25, 0.3) is 10.4 Å². The SMILES string of the molecule is CCC1OC(=O)[C@H](C)[C@@H](O)[C@H](C)[C@@H](O[C@@H]2O[C@H](C)C[C@H](N(C)C)[C@H]2OC(C)=O)[C@](C)(OC)C[C@@H](C)C(=O)[C@H](C)[C@H]2N(CCCCN=[N+]=[N-])C(=O)O[C@]12C. The zero-order valence-electron chi connectivity index (χ0n) is 33.6. The van der Waals surface area contributed by atoms with Gasteiger partial charge in [0.25, 0.3) is 0 Å². The second-order valence-electron chi connectivity index (χ2n) is 15.8. The van der Waals surface area contributed by atoms with Crippen LogP contribution < -0.4 is 0 Å². The number of aliphatic hydroxyl groups excluding tert-OH is 1. The second-order valence-corrected chi connectivity index (χ2v) is 15.8. The van der Waals surface area contributed by atoms with Gasteiger partial charge in [-0.1, -0.05) is 32.8 Å². The Bertz CT molecular complexity index is 1350. The van der Waals surface area contributed by atoms with E-state index in [1.54, 1.807) is 48.5 Å². The molecule has 1 N–H and O–H groups in total. The van der Waals surface area contributed by atoms with Gasteiger partial charge in [0.15, 0.2) is 18.0 Å². The molecule has 3 aliphatic heterocycles. The number of carbonyl (C=O) groups is 4. The van der Waals surface area contributed by atoms with Crippen molar-refractivity contribution in [3.05, 3.63) is 10.4 Å². The highest BCUT2D eigenvalue weighted by Crippen LogP contribution is 2.43. The van der Waals surface area contributed by atoms with Crippen LogP contribution in [0.5, 0.6) is 0 Å². The van der Waals surface area contributed by atoms with Crippen molar-refractivity contribution in [2.75, 3.05) is 34.3 Å². The van der Waals surface area contributed by atoms with E-state index in [1.807, 2.05) is 25.9 Å². The van der Waals surface area contributed by atoms with E-state index in [0.29, 0.717) is 19.3 Å². The van der Waals surface area contributed by atoms with Crippen molar-refractivity contribution in [2.24, 2.45) is 28.8 Å². The lowest BCUT2D eigenvalue weighted by molar-refractivity contribution is -0.303. The van der Waals surface area contributed by atoms with Crippen molar-refractivity contribution >= 4 is 23.8 Å². The summed E-state index contributed by atoms with van der Waals surface area (Å²) >= 11 is 0. The number of esters is 2. The van der Waals surface area contributed by atoms with Gasteiger partial charge in [-0.05, 0) is 79.4 Å². The number of Topliss-reactive ketones (excluding diaryl/α,β-unsaturated/α-hetero) is 1. The summed E-state index contributed by atoms with van der Waals surface area (Å²) in [6.07, 6.45) is -4.12. The monoisotopic (exact) mass is 753 g/mol. The number of rotatable bonds is 11. The summed E-state index contributed by atoms with van der Waals surface area (Å²) in [5.74, 6) is -4.67. The fourth-order valence-electron chi connectivity index (χ4n) is 8.67. The van der Waals surface area contributed by atoms with Gasteiger partial charge in [-0.2, -0.15) is 0 Å². The molecule has 0 aromatic rings. The summed E-state index contributed by atoms with van der Waals surface area (Å²) < 4.78 is 37.2. The molecule has 3 saturated heterocycles. The van der Waals surface area contributed by atoms with Gasteiger partial charge in [0.05, 0.1) is 41.9 Å². The summed E-state index contributed by atoms with van der Waals surface area (Å²) in [7, 11) is 5.26. The number of carbonyl (C=O) groups excluding carboxylic acids is 4. The fourth-order valence-corrected chi connectivity index (χ4v) is 8.67. The first-order chi connectivity index (χ1) is 24.8. The Morgan fingerprint density at radius 3 is 2.34 bits per heavy atom. The molecular weight excluding hydrogens is 690 g/mol. The van der Waals surface area contributed by atoms with E-state index in [-0.39, 0.29) is 43.9 Å². The minimum absolute atomic E-state index is 0.131. The molecule has 53 heavy (non-hydrogen) atoms. The van der Waals surface area contributed by atoms with Crippen LogP contribution in [0.15, 0.2) is 5.11 Å². The van der Waals surface area contributed by atoms with Gasteiger partial charge >= 0.3 is 18.0 Å². The number of fused-ring (bicyclic) bond motifs is 1. The number of hydrogen-bond acceptors (Lipinski definition) is 13. The molecule has 3 fully saturated rings. The molecular formula is C37H63N5O11. The molecule has 3 rings (SSSR count). The van der Waals surface area contributed by atoms with Crippen molar-refractivity contribution < 1.29 is 52.7 Å². The molecule has 1 unspecified atom stereocenters. The van der Waals surface area contributed by atoms with Gasteiger partial charge in [-0.15, -0.1) is 0 Å². The van der Waals surface area contributed by atoms with Crippen LogP contribution in [0.1, 0.15) is 94.4 Å². The van der Waals surface area contributed by atoms with E-state index in [0.717, 1.165) is 0 Å². The van der Waals surface area contributed by atoms with Crippen LogP contribution in [-0.4, -0.2) is 133 Å². The minimum Gasteiger partial charge on any atom is -0.458 e. The van der Waals surface area contributed by atoms with Crippen LogP contribution in [0.3, 0.4) is 0 Å². The highest BCUT2D eigenvalue weighted by Gasteiger charge is 2.60. The average Bonchev–Trinajstić information content (AvgIpc) is 3.36. The first kappa shape index (κ1) is 44.4. The third-order valence-electron chi connectivity index (χ3n) is 11.6. The molecule has 16 nitrogen and oxygen atoms in total. The van der Waals surface area contributed by atoms with E-state index in [4.69, 9.17) is 34.0 Å². The number of amides is 1. The molecule has 14 atom stereocenters. The smallest absolute Gasteiger partial charge is 0.410 e. The molecule has 0 radical (unpaired) electrons. The van der Waals surface area contributed by atoms with Crippen molar-refractivity contribution in [3.63, 3.8) is 0 Å². The predicted octanol–water partition coefficient (Wildman–Crippen LogP) is 4.64. The van der Waals surface area contributed by atoms with E-state index in [1.165, 1.54) is 18.9 Å². The van der Waals surface area contributed by atoms with Gasteiger partial charge in [0.1, 0.15) is 11.9 Å². The highest BCUT2D eigenvalue weighted by atomic mass is 16.7. The van der Waals surface area contributed by atoms with Gasteiger partial charge in [0.2, 0.25) is 0 Å². The molecule has 0 saturated carbocycles. The van der Waals surface area contributed by atoms with Crippen LogP contribution >= 0.6 is 0 Å². The molecule has 1 amide bonds. The molecule has 0 aromatic carbocycles. The molecule has 3 heterocycles. The Hall–Kier alpha value is -3.01. The number of ether oxygens (including phenoxy) is 6. The summed E-state index contributed by atoms with van der Waals surface area (Å²) in [4.78, 5) is 60.7. The van der Waals surface area contributed by atoms with E-state index < -0.39 is 89.7 Å². The molecule has 3 aliphatic rings. The molecule has 0 bridgehead atoms. The van der Waals surface area contributed by atoms with Gasteiger partial charge in [0, 0.05) is 49.8 Å². The van der Waals surface area contributed by atoms with Gasteiger partial charge < -0.3 is 43.3 Å². The molecule has 0 aromatic heterocycles. The zero-order chi connectivity index (χ0) is 40.0. The van der Waals surface area contributed by atoms with Gasteiger partial charge in [-0.3, -0.25) is 14.4 Å². The number of aliphatic hydroxyl groups is 1. The van der Waals surface area contributed by atoms with Crippen molar-refractivity contribution in [2.45, 2.75) is 155 Å². The van der Waals surface area contributed by atoms with Crippen LogP contribution in [0.4, 0.5) is 4.79 Å². The Kier molecular flexibility index (Phi) is 15.5. The number of hydrogen-bond donors (Lipinski definition) is 1. The van der Waals surface area contributed by atoms with E-state index >= 15 is 0 Å². The zero-order valence-corrected chi connectivity index (χ0v) is 33.6. The first-order valence-electron chi connectivity index (χ1n) is 18.9. The largest absolute Gasteiger partial charge is 0.458 e. The number of ketones is 1. The average molecular weight is 754 g/mol. The van der Waals surface area contributed by atoms with E-state index in [9.17, 15) is 24.3 Å². The number of nitrogens with zero attached hydrogens (tertiary/aromatic N) is 5. The Balaban J connectivity index is 2.13. The normalized spacial score (nSPS) is 40.1. The molecule has 0 aliphatic carbocycles. The Labute approximate surface area is 314 Å². The summed E-state index contributed by atoms with van der Waals surface area (Å²) in [6.45, 7) is 15.8. The minimum atomic E-state index is -1.40. The summed E-state index contributed by atoms with van der Waals surface area (Å²) in [5, 5.41) is 15.5. The highest BCUT2D eigenvalue weighted by molar-refractivity contribution is 5.85. The van der Waals surface area contributed by atoms with Crippen molar-refractivity contribution in [3.8, 4) is 0 Å². The maximum absolute atomic E-state index is 14.6. The second kappa shape index (κ2) is 18.5. The summed E-state index contributed by atoms with van der Waals surface area (Å²) in [6, 6.07) is -1.07. The number of likely N-dealkylation sites (N-methyl/N-ethyl adjacent to an activating group) is 1. The topological polar surface area (TPSA) is 199 Å². The lowest BCUT2D eigenvalue weighted by Gasteiger charge is -2.48. The Morgan fingerprint density at radius 2 is 1.77 bits per heavy atom. The molecule has 16 heteroatoms. The first-order valence-corrected chi connectivity index (χ1v) is 18.9. The maximum Gasteiger partial charge on any atom is 0.410 e. The van der Waals surface area contributed by atoms with Crippen molar-refractivity contribution in [1.82, 2.24) is 9.80 Å². The number of cyclic esters (lactones) is 1. The summed E-state index contributed by atoms with van der Waals surface area (Å²) in [5.41, 5.74) is 6.03. The fraction of sp³-hybridized carbons (Fsp3) is 0.892. The number of azide groups is 1. The third kappa shape index (κ3) is 9.81. The van der Waals surface area contributed by atoms with Crippen LogP contribution in [-0.2, 0) is 42.8 Å². The third-order valence-corrected chi connectivity index (χ3v) is 11.6. The maximum atomic E-state index is 14.6. The number of methoxy groups -OCH3 is 1. The quantitative estimate of drug-likeness (QED) is 0.0767. The van der Waals surface area contributed by atoms with Crippen LogP contribution in [0.2, 0.25) is 0 Å². The number of unbranched alkanes of at least 4 members (excludes halogenated alkanes) is 1. The predicted molar refractivity (Wildman–Crippen MR) is 193 cm³/mol. The molecule has 0 spiro atoms. The van der Waals surface area contributed by atoms with Gasteiger partial charge in [-0.25, -0.2) is 4.79 Å². The van der Waals surface area contributed by atoms with Crippen molar-refractivity contribution in [1.29, 1.82) is 0 Å². The Morgan fingerprint density at radius 1 is 1.11 bits per heavy atom. The van der Waals surface area contributed by atoms with Crippen LogP contribution in [0, 0.1) is 23.7 Å².